The van der Waals surface area contributed by atoms with Crippen LogP contribution in [0.4, 0.5) is 11.5 Å². The Morgan fingerprint density at radius 2 is 1.92 bits per heavy atom. The smallest absolute Gasteiger partial charge is 0.163 e. The monoisotopic (exact) mass is 342 g/mol. The van der Waals surface area contributed by atoms with Gasteiger partial charge in [-0.1, -0.05) is 11.6 Å². The molecule has 1 N–H and O–H groups in total. The quantitative estimate of drug-likeness (QED) is 0.792. The van der Waals surface area contributed by atoms with Gasteiger partial charge in [-0.05, 0) is 50.2 Å². The van der Waals surface area contributed by atoms with E-state index in [4.69, 9.17) is 11.6 Å². The van der Waals surface area contributed by atoms with Gasteiger partial charge in [0.05, 0.1) is 17.6 Å². The molecule has 0 saturated carbocycles. The molecule has 24 heavy (non-hydrogen) atoms. The number of nitrogens with one attached hydrogen (secondary N) is 1. The summed E-state index contributed by atoms with van der Waals surface area (Å²) in [6.07, 6.45) is 5.63. The summed E-state index contributed by atoms with van der Waals surface area (Å²) in [6.45, 7) is 2.04. The lowest BCUT2D eigenvalue weighted by atomic mass is 10.1. The van der Waals surface area contributed by atoms with E-state index in [0.29, 0.717) is 6.04 Å². The average molecular weight is 343 g/mol. The number of hydrogen-bond acceptors (Lipinski definition) is 5. The van der Waals surface area contributed by atoms with Gasteiger partial charge < -0.3 is 10.2 Å². The zero-order valence-electron chi connectivity index (χ0n) is 13.5. The number of benzene rings is 1. The number of rotatable bonds is 3. The molecule has 6 nitrogen and oxygen atoms in total. The van der Waals surface area contributed by atoms with Crippen molar-refractivity contribution in [1.29, 1.82) is 0 Å². The molecular formula is C17H19ClN6. The Kier molecular flexibility index (Phi) is 4.08. The highest BCUT2D eigenvalue weighted by Crippen LogP contribution is 2.30. The van der Waals surface area contributed by atoms with Crippen molar-refractivity contribution in [2.24, 2.45) is 0 Å². The normalized spacial score (nSPS) is 15.8. The third-order valence-electron chi connectivity index (χ3n) is 4.56. The summed E-state index contributed by atoms with van der Waals surface area (Å²) >= 11 is 5.98. The van der Waals surface area contributed by atoms with E-state index >= 15 is 0 Å². The van der Waals surface area contributed by atoms with Crippen LogP contribution in [0.25, 0.3) is 11.0 Å². The molecule has 0 bridgehead atoms. The molecule has 124 valence electrons. The van der Waals surface area contributed by atoms with E-state index < -0.39 is 0 Å². The molecule has 2 aromatic heterocycles. The molecule has 1 fully saturated rings. The molecule has 1 saturated heterocycles. The average Bonchev–Trinajstić information content (AvgIpc) is 3.06. The van der Waals surface area contributed by atoms with Crippen LogP contribution in [0.15, 0.2) is 36.8 Å². The molecule has 0 atom stereocenters. The van der Waals surface area contributed by atoms with Crippen LogP contribution in [0.3, 0.4) is 0 Å². The summed E-state index contributed by atoms with van der Waals surface area (Å²) < 4.78 is 2.05. The van der Waals surface area contributed by atoms with E-state index in [1.807, 2.05) is 42.4 Å². The number of halogens is 1. The van der Waals surface area contributed by atoms with Crippen LogP contribution in [0.1, 0.15) is 18.9 Å². The second-order valence-electron chi connectivity index (χ2n) is 6.04. The lowest BCUT2D eigenvalue weighted by molar-refractivity contribution is 0.349. The SMILES string of the molecule is CN(c1ccc(Cl)cc1)c1ncnc2c1cnn2C1CCNCC1. The fraction of sp³-hybridized carbons (Fsp3) is 0.353. The molecule has 1 aromatic carbocycles. The first-order chi connectivity index (χ1) is 11.7. The van der Waals surface area contributed by atoms with Gasteiger partial charge in [-0.2, -0.15) is 5.10 Å². The van der Waals surface area contributed by atoms with Gasteiger partial charge in [0, 0.05) is 17.8 Å². The Bertz CT molecular complexity index is 838. The van der Waals surface area contributed by atoms with Crippen LogP contribution >= 0.6 is 11.6 Å². The molecule has 1 aliphatic rings. The number of anilines is 2. The van der Waals surface area contributed by atoms with Crippen molar-refractivity contribution in [2.75, 3.05) is 25.0 Å². The lowest BCUT2D eigenvalue weighted by Crippen LogP contribution is -2.29. The fourth-order valence-corrected chi connectivity index (χ4v) is 3.35. The highest BCUT2D eigenvalue weighted by atomic mass is 35.5. The molecule has 4 rings (SSSR count). The van der Waals surface area contributed by atoms with Gasteiger partial charge in [0.15, 0.2) is 5.65 Å². The summed E-state index contributed by atoms with van der Waals surface area (Å²) in [6, 6.07) is 8.11. The standard InChI is InChI=1S/C17H19ClN6/c1-23(13-4-2-12(18)3-5-13)16-15-10-22-24(17(15)21-11-20-16)14-6-8-19-9-7-14/h2-5,10-11,14,19H,6-9H2,1H3. The van der Waals surface area contributed by atoms with Crippen molar-refractivity contribution in [3.8, 4) is 0 Å². The molecule has 3 aromatic rings. The van der Waals surface area contributed by atoms with Gasteiger partial charge in [0.2, 0.25) is 0 Å². The Morgan fingerprint density at radius 1 is 1.17 bits per heavy atom. The predicted molar refractivity (Wildman–Crippen MR) is 96.0 cm³/mol. The Hall–Kier alpha value is -2.18. The predicted octanol–water partition coefficient (Wildman–Crippen LogP) is 3.17. The Labute approximate surface area is 145 Å². The number of fused-ring (bicyclic) bond motifs is 1. The van der Waals surface area contributed by atoms with Gasteiger partial charge in [-0.3, -0.25) is 0 Å². The van der Waals surface area contributed by atoms with Crippen molar-refractivity contribution >= 4 is 34.1 Å². The first-order valence-corrected chi connectivity index (χ1v) is 8.50. The van der Waals surface area contributed by atoms with Crippen LogP contribution < -0.4 is 10.2 Å². The zero-order valence-corrected chi connectivity index (χ0v) is 14.2. The number of aromatic nitrogens is 4. The van der Waals surface area contributed by atoms with E-state index in [9.17, 15) is 0 Å². The van der Waals surface area contributed by atoms with E-state index in [0.717, 1.165) is 53.5 Å². The number of piperidine rings is 1. The van der Waals surface area contributed by atoms with Crippen LogP contribution in [0, 0.1) is 0 Å². The van der Waals surface area contributed by atoms with Crippen LogP contribution in [-0.2, 0) is 0 Å². The molecule has 0 unspecified atom stereocenters. The summed E-state index contributed by atoms with van der Waals surface area (Å²) in [7, 11) is 1.99. The van der Waals surface area contributed by atoms with Crippen LogP contribution in [-0.4, -0.2) is 39.9 Å². The molecule has 0 spiro atoms. The summed E-state index contributed by atoms with van der Waals surface area (Å²) in [5.41, 5.74) is 1.92. The molecule has 3 heterocycles. The third-order valence-corrected chi connectivity index (χ3v) is 4.81. The third kappa shape index (κ3) is 2.72. The molecule has 1 aliphatic heterocycles. The van der Waals surface area contributed by atoms with E-state index in [-0.39, 0.29) is 0 Å². The minimum Gasteiger partial charge on any atom is -0.329 e. The summed E-state index contributed by atoms with van der Waals surface area (Å²) in [5, 5.41) is 9.68. The highest BCUT2D eigenvalue weighted by Gasteiger charge is 2.21. The molecule has 0 aliphatic carbocycles. The fourth-order valence-electron chi connectivity index (χ4n) is 3.22. The first-order valence-electron chi connectivity index (χ1n) is 8.12. The highest BCUT2D eigenvalue weighted by molar-refractivity contribution is 6.30. The molecular weight excluding hydrogens is 324 g/mol. The van der Waals surface area contributed by atoms with Crippen molar-refractivity contribution < 1.29 is 0 Å². The van der Waals surface area contributed by atoms with Crippen LogP contribution in [0.2, 0.25) is 5.02 Å². The second kappa shape index (κ2) is 6.37. The molecule has 0 amide bonds. The van der Waals surface area contributed by atoms with Gasteiger partial charge in [0.1, 0.15) is 12.1 Å². The van der Waals surface area contributed by atoms with Gasteiger partial charge in [-0.15, -0.1) is 0 Å². The van der Waals surface area contributed by atoms with E-state index in [1.54, 1.807) is 6.33 Å². The van der Waals surface area contributed by atoms with Gasteiger partial charge in [0.25, 0.3) is 0 Å². The van der Waals surface area contributed by atoms with Gasteiger partial charge >= 0.3 is 0 Å². The Balaban J connectivity index is 1.73. The lowest BCUT2D eigenvalue weighted by Gasteiger charge is -2.23. The summed E-state index contributed by atoms with van der Waals surface area (Å²) in [4.78, 5) is 11.0. The van der Waals surface area contributed by atoms with Gasteiger partial charge in [-0.25, -0.2) is 14.6 Å². The Morgan fingerprint density at radius 3 is 2.67 bits per heavy atom. The van der Waals surface area contributed by atoms with Crippen LogP contribution in [0.5, 0.6) is 0 Å². The maximum Gasteiger partial charge on any atom is 0.163 e. The minimum absolute atomic E-state index is 0.396. The first kappa shape index (κ1) is 15.4. The van der Waals surface area contributed by atoms with Crippen molar-refractivity contribution in [3.63, 3.8) is 0 Å². The van der Waals surface area contributed by atoms with E-state index in [2.05, 4.69) is 25.1 Å². The minimum atomic E-state index is 0.396. The largest absolute Gasteiger partial charge is 0.329 e. The summed E-state index contributed by atoms with van der Waals surface area (Å²) in [5.74, 6) is 0.850. The number of nitrogens with zero attached hydrogens (tertiary/aromatic N) is 5. The maximum atomic E-state index is 5.98. The van der Waals surface area contributed by atoms with Crippen molar-refractivity contribution in [1.82, 2.24) is 25.1 Å². The number of hydrogen-bond donors (Lipinski definition) is 1. The molecule has 0 radical (unpaired) electrons. The topological polar surface area (TPSA) is 58.9 Å². The second-order valence-corrected chi connectivity index (χ2v) is 6.48. The zero-order chi connectivity index (χ0) is 16.5. The molecule has 7 heteroatoms. The van der Waals surface area contributed by atoms with Crippen molar-refractivity contribution in [3.05, 3.63) is 41.8 Å². The van der Waals surface area contributed by atoms with E-state index in [1.165, 1.54) is 0 Å². The van der Waals surface area contributed by atoms with Crippen molar-refractivity contribution in [2.45, 2.75) is 18.9 Å². The maximum absolute atomic E-state index is 5.98.